The van der Waals surface area contributed by atoms with E-state index in [1.54, 1.807) is 0 Å². The number of aliphatic hydroxyl groups is 1. The monoisotopic (exact) mass is 267 g/mol. The van der Waals surface area contributed by atoms with Gasteiger partial charge >= 0.3 is 5.69 Å². The van der Waals surface area contributed by atoms with Gasteiger partial charge in [0.25, 0.3) is 5.56 Å². The molecule has 0 saturated heterocycles. The lowest BCUT2D eigenvalue weighted by Gasteiger charge is -2.28. The van der Waals surface area contributed by atoms with Crippen LogP contribution in [0.15, 0.2) is 21.9 Å². The van der Waals surface area contributed by atoms with E-state index in [0.29, 0.717) is 6.42 Å². The Morgan fingerprint density at radius 1 is 1.42 bits per heavy atom. The summed E-state index contributed by atoms with van der Waals surface area (Å²) in [5, 5.41) is 12.5. The summed E-state index contributed by atoms with van der Waals surface area (Å²) < 4.78 is 1.12. The van der Waals surface area contributed by atoms with Gasteiger partial charge in [-0.15, -0.1) is 0 Å². The van der Waals surface area contributed by atoms with E-state index in [-0.39, 0.29) is 18.5 Å². The molecule has 19 heavy (non-hydrogen) atoms. The number of hydrogen-bond acceptors (Lipinski definition) is 4. The van der Waals surface area contributed by atoms with Gasteiger partial charge in [0.05, 0.1) is 12.1 Å². The smallest absolute Gasteiger partial charge is 0.328 e. The van der Waals surface area contributed by atoms with Gasteiger partial charge in [0, 0.05) is 12.3 Å². The van der Waals surface area contributed by atoms with Crippen molar-refractivity contribution in [2.24, 2.45) is 0 Å². The highest BCUT2D eigenvalue weighted by atomic mass is 16.3. The van der Waals surface area contributed by atoms with Gasteiger partial charge < -0.3 is 10.4 Å². The molecule has 1 aliphatic rings. The molecule has 7 heteroatoms. The minimum Gasteiger partial charge on any atom is -0.391 e. The Balaban J connectivity index is 1.97. The first kappa shape index (κ1) is 13.5. The van der Waals surface area contributed by atoms with E-state index in [1.165, 1.54) is 12.3 Å². The van der Waals surface area contributed by atoms with Crippen molar-refractivity contribution in [1.29, 1.82) is 0 Å². The molecule has 1 aromatic rings. The predicted molar refractivity (Wildman–Crippen MR) is 67.7 cm³/mol. The number of H-pyrrole nitrogens is 1. The number of carbonyl (C=O) groups excluding carboxylic acids is 1. The van der Waals surface area contributed by atoms with Crippen LogP contribution in [-0.2, 0) is 11.3 Å². The molecular weight excluding hydrogens is 250 g/mol. The quantitative estimate of drug-likeness (QED) is 0.650. The number of rotatable bonds is 3. The lowest BCUT2D eigenvalue weighted by Crippen LogP contribution is -2.47. The predicted octanol–water partition coefficient (Wildman–Crippen LogP) is -1.04. The van der Waals surface area contributed by atoms with E-state index in [9.17, 15) is 19.5 Å². The molecule has 0 aliphatic heterocycles. The molecule has 0 aromatic carbocycles. The van der Waals surface area contributed by atoms with Crippen molar-refractivity contribution in [3.8, 4) is 0 Å². The zero-order chi connectivity index (χ0) is 13.8. The van der Waals surface area contributed by atoms with E-state index in [4.69, 9.17) is 0 Å². The first-order valence-corrected chi connectivity index (χ1v) is 6.33. The number of nitrogens with zero attached hydrogens (tertiary/aromatic N) is 1. The third-order valence-electron chi connectivity index (χ3n) is 3.29. The second kappa shape index (κ2) is 5.83. The molecule has 1 heterocycles. The first-order chi connectivity index (χ1) is 9.06. The van der Waals surface area contributed by atoms with Crippen LogP contribution in [0.2, 0.25) is 0 Å². The molecule has 104 valence electrons. The molecule has 2 rings (SSSR count). The number of carbonyl (C=O) groups is 1. The lowest BCUT2D eigenvalue weighted by atomic mass is 9.92. The number of amides is 1. The van der Waals surface area contributed by atoms with E-state index in [0.717, 1.165) is 23.8 Å². The number of aromatic amines is 1. The van der Waals surface area contributed by atoms with Gasteiger partial charge in [-0.3, -0.25) is 19.1 Å². The van der Waals surface area contributed by atoms with Crippen molar-refractivity contribution in [1.82, 2.24) is 14.9 Å². The van der Waals surface area contributed by atoms with Crippen LogP contribution in [0.4, 0.5) is 0 Å². The Hall–Kier alpha value is -1.89. The summed E-state index contributed by atoms with van der Waals surface area (Å²) in [6.07, 6.45) is 4.12. The van der Waals surface area contributed by atoms with Crippen LogP contribution in [0.3, 0.4) is 0 Å². The van der Waals surface area contributed by atoms with Crippen molar-refractivity contribution in [3.63, 3.8) is 0 Å². The molecule has 1 fully saturated rings. The molecule has 0 radical (unpaired) electrons. The van der Waals surface area contributed by atoms with Crippen LogP contribution >= 0.6 is 0 Å². The Morgan fingerprint density at radius 3 is 2.84 bits per heavy atom. The van der Waals surface area contributed by atoms with Gasteiger partial charge in [-0.25, -0.2) is 4.79 Å². The number of hydrogen-bond donors (Lipinski definition) is 3. The molecular formula is C12H17N3O4. The van der Waals surface area contributed by atoms with Crippen LogP contribution in [-0.4, -0.2) is 32.7 Å². The largest absolute Gasteiger partial charge is 0.391 e. The van der Waals surface area contributed by atoms with Gasteiger partial charge in [0.2, 0.25) is 5.91 Å². The van der Waals surface area contributed by atoms with Crippen molar-refractivity contribution in [3.05, 3.63) is 33.1 Å². The summed E-state index contributed by atoms with van der Waals surface area (Å²) >= 11 is 0. The summed E-state index contributed by atoms with van der Waals surface area (Å²) in [6.45, 7) is -0.168. The number of nitrogens with one attached hydrogen (secondary N) is 2. The van der Waals surface area contributed by atoms with Crippen molar-refractivity contribution in [2.45, 2.75) is 44.4 Å². The molecule has 2 atom stereocenters. The van der Waals surface area contributed by atoms with Crippen LogP contribution in [0, 0.1) is 0 Å². The third kappa shape index (κ3) is 3.54. The fourth-order valence-electron chi connectivity index (χ4n) is 2.26. The van der Waals surface area contributed by atoms with Gasteiger partial charge in [-0.05, 0) is 12.8 Å². The molecule has 1 amide bonds. The molecule has 1 saturated carbocycles. The standard InChI is InChI=1S/C12H17N3O4/c16-9-4-2-1-3-8(9)13-11(18)7-15-6-5-10(17)14-12(15)19/h5-6,8-9,16H,1-4,7H2,(H,13,18)(H,14,17,19). The average molecular weight is 267 g/mol. The minimum atomic E-state index is -0.619. The summed E-state index contributed by atoms with van der Waals surface area (Å²) in [7, 11) is 0. The Bertz CT molecular complexity index is 563. The van der Waals surface area contributed by atoms with E-state index in [2.05, 4.69) is 10.3 Å². The van der Waals surface area contributed by atoms with E-state index < -0.39 is 17.4 Å². The summed E-state index contributed by atoms with van der Waals surface area (Å²) in [4.78, 5) is 36.2. The van der Waals surface area contributed by atoms with Crippen molar-refractivity contribution < 1.29 is 9.90 Å². The van der Waals surface area contributed by atoms with Gasteiger partial charge in [-0.1, -0.05) is 12.8 Å². The molecule has 0 spiro atoms. The number of aliphatic hydroxyl groups excluding tert-OH is 1. The highest BCUT2D eigenvalue weighted by molar-refractivity contribution is 5.76. The minimum absolute atomic E-state index is 0.168. The van der Waals surface area contributed by atoms with Crippen LogP contribution in [0.25, 0.3) is 0 Å². The zero-order valence-electron chi connectivity index (χ0n) is 10.5. The van der Waals surface area contributed by atoms with Gasteiger partial charge in [0.15, 0.2) is 0 Å². The summed E-state index contributed by atoms with van der Waals surface area (Å²) in [5.41, 5.74) is -1.11. The molecule has 2 unspecified atom stereocenters. The maximum Gasteiger partial charge on any atom is 0.328 e. The van der Waals surface area contributed by atoms with Crippen molar-refractivity contribution in [2.75, 3.05) is 0 Å². The zero-order valence-corrected chi connectivity index (χ0v) is 10.5. The fourth-order valence-corrected chi connectivity index (χ4v) is 2.26. The lowest BCUT2D eigenvalue weighted by molar-refractivity contribution is -0.123. The first-order valence-electron chi connectivity index (χ1n) is 6.33. The highest BCUT2D eigenvalue weighted by Gasteiger charge is 2.24. The molecule has 1 aromatic heterocycles. The average Bonchev–Trinajstić information content (AvgIpc) is 2.36. The van der Waals surface area contributed by atoms with Gasteiger partial charge in [0.1, 0.15) is 6.54 Å². The molecule has 1 aliphatic carbocycles. The fraction of sp³-hybridized carbons (Fsp3) is 0.583. The second-order valence-electron chi connectivity index (χ2n) is 4.76. The molecule has 7 nitrogen and oxygen atoms in total. The summed E-state index contributed by atoms with van der Waals surface area (Å²) in [6, 6.07) is 0.934. The Morgan fingerprint density at radius 2 is 2.16 bits per heavy atom. The van der Waals surface area contributed by atoms with Crippen LogP contribution in [0.1, 0.15) is 25.7 Å². The summed E-state index contributed by atoms with van der Waals surface area (Å²) in [5.74, 6) is -0.347. The Labute approximate surface area is 109 Å². The Kier molecular flexibility index (Phi) is 4.16. The van der Waals surface area contributed by atoms with E-state index in [1.807, 2.05) is 0 Å². The van der Waals surface area contributed by atoms with Gasteiger partial charge in [-0.2, -0.15) is 0 Å². The van der Waals surface area contributed by atoms with Crippen molar-refractivity contribution >= 4 is 5.91 Å². The number of aromatic nitrogens is 2. The molecule has 0 bridgehead atoms. The van der Waals surface area contributed by atoms with E-state index >= 15 is 0 Å². The normalized spacial score (nSPS) is 23.0. The second-order valence-corrected chi connectivity index (χ2v) is 4.76. The molecule has 3 N–H and O–H groups in total. The third-order valence-corrected chi connectivity index (χ3v) is 3.29. The highest BCUT2D eigenvalue weighted by Crippen LogP contribution is 2.18. The maximum absolute atomic E-state index is 11.8. The van der Waals surface area contributed by atoms with Crippen LogP contribution < -0.4 is 16.6 Å². The SMILES string of the molecule is O=C(Cn1ccc(=O)[nH]c1=O)NC1CCCCC1O. The maximum atomic E-state index is 11.8. The topological polar surface area (TPSA) is 104 Å². The van der Waals surface area contributed by atoms with Crippen LogP contribution in [0.5, 0.6) is 0 Å².